The van der Waals surface area contributed by atoms with E-state index in [1.807, 2.05) is 30.3 Å². The van der Waals surface area contributed by atoms with E-state index in [1.54, 1.807) is 18.2 Å². The van der Waals surface area contributed by atoms with Crippen molar-refractivity contribution in [1.82, 2.24) is 0 Å². The van der Waals surface area contributed by atoms with Gasteiger partial charge in [-0.3, -0.25) is 5.43 Å². The number of phenols is 1. The second-order valence-corrected chi connectivity index (χ2v) is 6.72. The maximum Gasteiger partial charge on any atom is 0.238 e. The third kappa shape index (κ3) is 3.37. The van der Waals surface area contributed by atoms with Crippen molar-refractivity contribution in [2.45, 2.75) is 4.90 Å². The number of hydrogen-bond acceptors (Lipinski definition) is 5. The van der Waals surface area contributed by atoms with E-state index < -0.39 is 10.0 Å². The predicted molar refractivity (Wildman–Crippen MR) is 94.6 cm³/mol. The highest BCUT2D eigenvalue weighted by atomic mass is 32.2. The van der Waals surface area contributed by atoms with E-state index in [1.165, 1.54) is 18.3 Å². The molecule has 7 heteroatoms. The zero-order chi connectivity index (χ0) is 17.2. The average molecular weight is 341 g/mol. The summed E-state index contributed by atoms with van der Waals surface area (Å²) in [5.74, 6) is 0.129. The Morgan fingerprint density at radius 2 is 1.71 bits per heavy atom. The molecule has 0 bridgehead atoms. The van der Waals surface area contributed by atoms with Crippen LogP contribution in [0.5, 0.6) is 5.75 Å². The first kappa shape index (κ1) is 16.0. The molecule has 3 rings (SSSR count). The van der Waals surface area contributed by atoms with Gasteiger partial charge in [0.1, 0.15) is 5.75 Å². The maximum absolute atomic E-state index is 11.2. The molecule has 0 amide bonds. The second-order valence-electron chi connectivity index (χ2n) is 5.16. The molecule has 3 aromatic carbocycles. The number of fused-ring (bicyclic) bond motifs is 1. The summed E-state index contributed by atoms with van der Waals surface area (Å²) in [5.41, 5.74) is 3.98. The Bertz CT molecular complexity index is 1010. The van der Waals surface area contributed by atoms with Gasteiger partial charge in [0.15, 0.2) is 0 Å². The molecule has 0 spiro atoms. The van der Waals surface area contributed by atoms with Crippen molar-refractivity contribution in [3.05, 3.63) is 66.2 Å². The Kier molecular flexibility index (Phi) is 4.20. The molecule has 0 aromatic heterocycles. The topological polar surface area (TPSA) is 105 Å². The molecular weight excluding hydrogens is 326 g/mol. The first-order valence-electron chi connectivity index (χ1n) is 7.08. The van der Waals surface area contributed by atoms with Gasteiger partial charge in [0, 0.05) is 5.56 Å². The van der Waals surface area contributed by atoms with E-state index >= 15 is 0 Å². The van der Waals surface area contributed by atoms with Crippen molar-refractivity contribution >= 4 is 32.7 Å². The minimum atomic E-state index is -3.71. The van der Waals surface area contributed by atoms with Gasteiger partial charge >= 0.3 is 0 Å². The molecule has 0 aliphatic heterocycles. The van der Waals surface area contributed by atoms with Crippen LogP contribution >= 0.6 is 0 Å². The SMILES string of the molecule is NS(=O)(=O)c1ccc(N/N=C/c2c(O)ccc3ccccc23)cc1. The lowest BCUT2D eigenvalue weighted by atomic mass is 10.0. The van der Waals surface area contributed by atoms with Crippen LogP contribution in [0, 0.1) is 0 Å². The van der Waals surface area contributed by atoms with Gasteiger partial charge in [0.05, 0.1) is 16.8 Å². The lowest BCUT2D eigenvalue weighted by molar-refractivity contribution is 0.475. The highest BCUT2D eigenvalue weighted by Crippen LogP contribution is 2.25. The highest BCUT2D eigenvalue weighted by molar-refractivity contribution is 7.89. The number of phenolic OH excluding ortho intramolecular Hbond substituents is 1. The zero-order valence-corrected chi connectivity index (χ0v) is 13.4. The van der Waals surface area contributed by atoms with Crippen LogP contribution < -0.4 is 10.6 Å². The lowest BCUT2D eigenvalue weighted by Crippen LogP contribution is -2.11. The molecule has 0 aliphatic rings. The number of anilines is 1. The number of sulfonamides is 1. The molecule has 0 fully saturated rings. The zero-order valence-electron chi connectivity index (χ0n) is 12.5. The smallest absolute Gasteiger partial charge is 0.238 e. The van der Waals surface area contributed by atoms with Crippen molar-refractivity contribution in [2.75, 3.05) is 5.43 Å². The average Bonchev–Trinajstić information content (AvgIpc) is 2.56. The van der Waals surface area contributed by atoms with Gasteiger partial charge in [0.2, 0.25) is 10.0 Å². The van der Waals surface area contributed by atoms with Crippen molar-refractivity contribution in [1.29, 1.82) is 0 Å². The van der Waals surface area contributed by atoms with Gasteiger partial charge in [-0.05, 0) is 41.1 Å². The van der Waals surface area contributed by atoms with E-state index in [9.17, 15) is 13.5 Å². The monoisotopic (exact) mass is 341 g/mol. The molecule has 0 unspecified atom stereocenters. The Hall–Kier alpha value is -2.90. The quantitative estimate of drug-likeness (QED) is 0.501. The summed E-state index contributed by atoms with van der Waals surface area (Å²) in [6, 6.07) is 17.0. The Morgan fingerprint density at radius 1 is 1.00 bits per heavy atom. The van der Waals surface area contributed by atoms with Gasteiger partial charge in [-0.25, -0.2) is 13.6 Å². The van der Waals surface area contributed by atoms with Gasteiger partial charge in [-0.1, -0.05) is 30.3 Å². The molecule has 0 aliphatic carbocycles. The third-order valence-corrected chi connectivity index (χ3v) is 4.45. The predicted octanol–water partition coefficient (Wildman–Crippen LogP) is 2.64. The van der Waals surface area contributed by atoms with E-state index in [-0.39, 0.29) is 10.6 Å². The van der Waals surface area contributed by atoms with E-state index in [2.05, 4.69) is 10.5 Å². The van der Waals surface area contributed by atoms with Crippen LogP contribution in [-0.4, -0.2) is 19.7 Å². The normalized spacial score (nSPS) is 11.9. The van der Waals surface area contributed by atoms with Gasteiger partial charge < -0.3 is 5.11 Å². The van der Waals surface area contributed by atoms with Crippen LogP contribution in [0.15, 0.2) is 70.7 Å². The Morgan fingerprint density at radius 3 is 2.42 bits per heavy atom. The minimum Gasteiger partial charge on any atom is -0.507 e. The van der Waals surface area contributed by atoms with Gasteiger partial charge in [-0.2, -0.15) is 5.10 Å². The molecule has 0 heterocycles. The third-order valence-electron chi connectivity index (χ3n) is 3.52. The standard InChI is InChI=1S/C17H15N3O3S/c18-24(22,23)14-8-6-13(7-9-14)20-19-11-16-15-4-2-1-3-12(15)5-10-17(16)21/h1-11,20-21H,(H2,18,22,23)/b19-11+. The van der Waals surface area contributed by atoms with Crippen LogP contribution in [0.4, 0.5) is 5.69 Å². The molecule has 0 saturated carbocycles. The summed E-state index contributed by atoms with van der Waals surface area (Å²) in [6.45, 7) is 0. The molecule has 3 aromatic rings. The molecular formula is C17H15N3O3S. The molecule has 24 heavy (non-hydrogen) atoms. The fourth-order valence-electron chi connectivity index (χ4n) is 2.31. The van der Waals surface area contributed by atoms with E-state index in [0.29, 0.717) is 11.3 Å². The molecule has 0 radical (unpaired) electrons. The van der Waals surface area contributed by atoms with E-state index in [0.717, 1.165) is 10.8 Å². The summed E-state index contributed by atoms with van der Waals surface area (Å²) in [6.07, 6.45) is 1.52. The molecule has 0 atom stereocenters. The fraction of sp³-hybridized carbons (Fsp3) is 0. The lowest BCUT2D eigenvalue weighted by Gasteiger charge is -2.05. The summed E-state index contributed by atoms with van der Waals surface area (Å²) in [4.78, 5) is 0.0312. The number of aromatic hydroxyl groups is 1. The maximum atomic E-state index is 11.2. The van der Waals surface area contributed by atoms with E-state index in [4.69, 9.17) is 5.14 Å². The van der Waals surface area contributed by atoms with Crippen molar-refractivity contribution in [3.63, 3.8) is 0 Å². The van der Waals surface area contributed by atoms with Crippen LogP contribution in [0.1, 0.15) is 5.56 Å². The number of primary sulfonamides is 1. The fourth-order valence-corrected chi connectivity index (χ4v) is 2.83. The minimum absolute atomic E-state index is 0.0312. The number of nitrogens with one attached hydrogen (secondary N) is 1. The van der Waals surface area contributed by atoms with Crippen molar-refractivity contribution in [2.24, 2.45) is 10.2 Å². The number of nitrogens with zero attached hydrogens (tertiary/aromatic N) is 1. The summed E-state index contributed by atoms with van der Waals surface area (Å²) in [5, 5.41) is 21.1. The van der Waals surface area contributed by atoms with Crippen molar-refractivity contribution < 1.29 is 13.5 Å². The number of benzene rings is 3. The number of hydrogen-bond donors (Lipinski definition) is 3. The highest BCUT2D eigenvalue weighted by Gasteiger charge is 2.06. The van der Waals surface area contributed by atoms with Crippen molar-refractivity contribution in [3.8, 4) is 5.75 Å². The first-order chi connectivity index (χ1) is 11.4. The number of hydrazone groups is 1. The molecule has 4 N–H and O–H groups in total. The Balaban J connectivity index is 1.83. The Labute approximate surface area is 139 Å². The van der Waals surface area contributed by atoms with Crippen LogP contribution in [-0.2, 0) is 10.0 Å². The first-order valence-corrected chi connectivity index (χ1v) is 8.62. The second kappa shape index (κ2) is 6.31. The van der Waals surface area contributed by atoms with Gasteiger partial charge in [-0.15, -0.1) is 0 Å². The largest absolute Gasteiger partial charge is 0.507 e. The summed E-state index contributed by atoms with van der Waals surface area (Å²) >= 11 is 0. The van der Waals surface area contributed by atoms with Gasteiger partial charge in [0.25, 0.3) is 0 Å². The molecule has 122 valence electrons. The number of nitrogens with two attached hydrogens (primary N) is 1. The van der Waals surface area contributed by atoms with Crippen LogP contribution in [0.25, 0.3) is 10.8 Å². The molecule has 6 nitrogen and oxygen atoms in total. The summed E-state index contributed by atoms with van der Waals surface area (Å²) in [7, 11) is -3.71. The number of rotatable bonds is 4. The molecule has 0 saturated heterocycles. The van der Waals surface area contributed by atoms with Crippen LogP contribution in [0.3, 0.4) is 0 Å². The summed E-state index contributed by atoms with van der Waals surface area (Å²) < 4.78 is 22.4. The van der Waals surface area contributed by atoms with Crippen LogP contribution in [0.2, 0.25) is 0 Å².